The van der Waals surface area contributed by atoms with Gasteiger partial charge in [-0.05, 0) is 20.8 Å². The Morgan fingerprint density at radius 1 is 1.20 bits per heavy atom. The highest BCUT2D eigenvalue weighted by Gasteiger charge is 2.18. The Hall–Kier alpha value is -2.43. The van der Waals surface area contributed by atoms with Crippen molar-refractivity contribution in [3.8, 4) is 11.4 Å². The summed E-state index contributed by atoms with van der Waals surface area (Å²) >= 11 is 0. The molecule has 1 aromatic heterocycles. The molecule has 5 nitrogen and oxygen atoms in total. The van der Waals surface area contributed by atoms with Crippen molar-refractivity contribution in [2.24, 2.45) is 0 Å². The van der Waals surface area contributed by atoms with E-state index in [1.165, 1.54) is 6.20 Å². The third kappa shape index (κ3) is 3.32. The molecule has 2 N–H and O–H groups in total. The Balaban J connectivity index is 2.32. The van der Waals surface area contributed by atoms with E-state index >= 15 is 0 Å². The maximum Gasteiger partial charge on any atom is 0.264 e. The molecule has 0 radical (unpaired) electrons. The Bertz CT molecular complexity index is 670. The second-order valence-electron chi connectivity index (χ2n) is 5.54. The molecule has 1 aromatic carbocycles. The number of nitrogens with zero attached hydrogens (tertiary/aromatic N) is 1. The third-order valence-electron chi connectivity index (χ3n) is 2.58. The predicted octanol–water partition coefficient (Wildman–Crippen LogP) is 1.97. The fourth-order valence-corrected chi connectivity index (χ4v) is 1.71. The van der Waals surface area contributed by atoms with Crippen LogP contribution in [0.1, 0.15) is 31.1 Å². The number of hydrogen-bond acceptors (Lipinski definition) is 3. The predicted molar refractivity (Wildman–Crippen MR) is 77.5 cm³/mol. The first kappa shape index (κ1) is 14.0. The molecule has 0 aliphatic carbocycles. The zero-order valence-corrected chi connectivity index (χ0v) is 11.7. The van der Waals surface area contributed by atoms with Gasteiger partial charge < -0.3 is 10.3 Å². The van der Waals surface area contributed by atoms with Crippen molar-refractivity contribution in [1.29, 1.82) is 0 Å². The van der Waals surface area contributed by atoms with Crippen molar-refractivity contribution in [1.82, 2.24) is 15.3 Å². The van der Waals surface area contributed by atoms with Gasteiger partial charge in [-0.3, -0.25) is 9.59 Å². The molecule has 5 heteroatoms. The van der Waals surface area contributed by atoms with E-state index in [0.717, 1.165) is 5.56 Å². The lowest BCUT2D eigenvalue weighted by molar-refractivity contribution is 0.0917. The summed E-state index contributed by atoms with van der Waals surface area (Å²) in [6.07, 6.45) is 1.31. The highest BCUT2D eigenvalue weighted by Crippen LogP contribution is 2.11. The van der Waals surface area contributed by atoms with Crippen LogP contribution in [0.15, 0.2) is 41.3 Å². The molecular weight excluding hydrogens is 254 g/mol. The van der Waals surface area contributed by atoms with Crippen molar-refractivity contribution in [3.63, 3.8) is 0 Å². The van der Waals surface area contributed by atoms with Crippen molar-refractivity contribution in [2.45, 2.75) is 26.3 Å². The van der Waals surface area contributed by atoms with Crippen LogP contribution in [0.4, 0.5) is 0 Å². The highest BCUT2D eigenvalue weighted by atomic mass is 16.2. The van der Waals surface area contributed by atoms with Crippen LogP contribution in [0.25, 0.3) is 11.4 Å². The fourth-order valence-electron chi connectivity index (χ4n) is 1.71. The van der Waals surface area contributed by atoms with Crippen LogP contribution in [0.5, 0.6) is 0 Å². The van der Waals surface area contributed by atoms with E-state index in [1.54, 1.807) is 0 Å². The molecule has 0 atom stereocenters. The maximum atomic E-state index is 12.0. The number of nitrogens with one attached hydrogen (secondary N) is 2. The third-order valence-corrected chi connectivity index (χ3v) is 2.58. The van der Waals surface area contributed by atoms with E-state index in [2.05, 4.69) is 15.3 Å². The van der Waals surface area contributed by atoms with Crippen molar-refractivity contribution >= 4 is 5.91 Å². The lowest BCUT2D eigenvalue weighted by atomic mass is 10.1. The summed E-state index contributed by atoms with van der Waals surface area (Å²) in [5.41, 5.74) is -0.0330. The molecule has 0 aliphatic rings. The SMILES string of the molecule is CC(C)(C)NC(=O)c1cnc(-c2ccccc2)[nH]c1=O. The van der Waals surface area contributed by atoms with Crippen molar-refractivity contribution in [3.05, 3.63) is 52.4 Å². The molecule has 2 rings (SSSR count). The summed E-state index contributed by atoms with van der Waals surface area (Å²) in [5, 5.41) is 2.74. The first-order valence-corrected chi connectivity index (χ1v) is 6.34. The van der Waals surface area contributed by atoms with Gasteiger partial charge in [-0.15, -0.1) is 0 Å². The molecule has 0 spiro atoms. The molecule has 0 bridgehead atoms. The molecule has 0 saturated heterocycles. The Kier molecular flexibility index (Phi) is 3.70. The minimum Gasteiger partial charge on any atom is -0.347 e. The summed E-state index contributed by atoms with van der Waals surface area (Å²) < 4.78 is 0. The van der Waals surface area contributed by atoms with Crippen LogP contribution < -0.4 is 10.9 Å². The second kappa shape index (κ2) is 5.28. The average Bonchev–Trinajstić information content (AvgIpc) is 2.37. The second-order valence-corrected chi connectivity index (χ2v) is 5.54. The summed E-state index contributed by atoms with van der Waals surface area (Å²) in [5.74, 6) is 0.0220. The van der Waals surface area contributed by atoms with Crippen LogP contribution in [-0.4, -0.2) is 21.4 Å². The highest BCUT2D eigenvalue weighted by molar-refractivity contribution is 5.94. The number of benzene rings is 1. The van der Waals surface area contributed by atoms with Gasteiger partial charge in [0.15, 0.2) is 0 Å². The molecule has 2 aromatic rings. The minimum atomic E-state index is -0.444. The zero-order valence-electron chi connectivity index (χ0n) is 11.7. The molecule has 1 amide bonds. The van der Waals surface area contributed by atoms with Gasteiger partial charge in [0.2, 0.25) is 0 Å². The van der Waals surface area contributed by atoms with Crippen molar-refractivity contribution < 1.29 is 4.79 Å². The van der Waals surface area contributed by atoms with Gasteiger partial charge in [0, 0.05) is 17.3 Å². The van der Waals surface area contributed by atoms with E-state index in [1.807, 2.05) is 51.1 Å². The van der Waals surface area contributed by atoms with E-state index in [4.69, 9.17) is 0 Å². The van der Waals surface area contributed by atoms with E-state index in [9.17, 15) is 9.59 Å². The maximum absolute atomic E-state index is 12.0. The summed E-state index contributed by atoms with van der Waals surface area (Å²) in [6, 6.07) is 9.28. The van der Waals surface area contributed by atoms with E-state index in [-0.39, 0.29) is 5.56 Å². The van der Waals surface area contributed by atoms with Crippen LogP contribution in [0.3, 0.4) is 0 Å². The monoisotopic (exact) mass is 271 g/mol. The molecule has 20 heavy (non-hydrogen) atoms. The fraction of sp³-hybridized carbons (Fsp3) is 0.267. The van der Waals surface area contributed by atoms with Gasteiger partial charge in [0.25, 0.3) is 11.5 Å². The molecule has 104 valence electrons. The van der Waals surface area contributed by atoms with E-state index < -0.39 is 17.0 Å². The smallest absolute Gasteiger partial charge is 0.264 e. The standard InChI is InChI=1S/C15H17N3O2/c1-15(2,3)18-14(20)11-9-16-12(17-13(11)19)10-7-5-4-6-8-10/h4-9H,1-3H3,(H,18,20)(H,16,17,19). The normalized spacial score (nSPS) is 11.2. The Morgan fingerprint density at radius 3 is 2.40 bits per heavy atom. The quantitative estimate of drug-likeness (QED) is 0.876. The Morgan fingerprint density at radius 2 is 1.85 bits per heavy atom. The lowest BCUT2D eigenvalue weighted by Crippen LogP contribution is -2.42. The van der Waals surface area contributed by atoms with Crippen LogP contribution in [0, 0.1) is 0 Å². The molecule has 0 saturated carbocycles. The van der Waals surface area contributed by atoms with Gasteiger partial charge in [-0.2, -0.15) is 0 Å². The number of aromatic amines is 1. The number of hydrogen-bond donors (Lipinski definition) is 2. The van der Waals surface area contributed by atoms with Crippen molar-refractivity contribution in [2.75, 3.05) is 0 Å². The van der Waals surface area contributed by atoms with Crippen LogP contribution in [0.2, 0.25) is 0 Å². The van der Waals surface area contributed by atoms with E-state index in [0.29, 0.717) is 5.82 Å². The number of aromatic nitrogens is 2. The van der Waals surface area contributed by atoms with Crippen LogP contribution >= 0.6 is 0 Å². The Labute approximate surface area is 117 Å². The first-order chi connectivity index (χ1) is 9.37. The largest absolute Gasteiger partial charge is 0.347 e. The van der Waals surface area contributed by atoms with Gasteiger partial charge in [0.05, 0.1) is 0 Å². The number of amides is 1. The average molecular weight is 271 g/mol. The van der Waals surface area contributed by atoms with Gasteiger partial charge in [-0.25, -0.2) is 4.98 Å². The summed E-state index contributed by atoms with van der Waals surface area (Å²) in [4.78, 5) is 30.7. The number of carbonyl (C=O) groups is 1. The van der Waals surface area contributed by atoms with Crippen LogP contribution in [-0.2, 0) is 0 Å². The molecular formula is C15H17N3O2. The summed E-state index contributed by atoms with van der Waals surface area (Å²) in [7, 11) is 0. The summed E-state index contributed by atoms with van der Waals surface area (Å²) in [6.45, 7) is 5.56. The molecule has 0 unspecified atom stereocenters. The molecule has 0 aliphatic heterocycles. The van der Waals surface area contributed by atoms with Gasteiger partial charge in [-0.1, -0.05) is 30.3 Å². The molecule has 1 heterocycles. The molecule has 0 fully saturated rings. The zero-order chi connectivity index (χ0) is 14.8. The number of H-pyrrole nitrogens is 1. The minimum absolute atomic E-state index is 0.0135. The first-order valence-electron chi connectivity index (χ1n) is 6.34. The van der Waals surface area contributed by atoms with Gasteiger partial charge >= 0.3 is 0 Å². The number of carbonyl (C=O) groups excluding carboxylic acids is 1. The lowest BCUT2D eigenvalue weighted by Gasteiger charge is -2.20. The number of rotatable bonds is 2. The van der Waals surface area contributed by atoms with Gasteiger partial charge in [0.1, 0.15) is 11.4 Å². The topological polar surface area (TPSA) is 74.8 Å².